The van der Waals surface area contributed by atoms with Crippen molar-refractivity contribution in [3.63, 3.8) is 0 Å². The number of nitrogens with two attached hydrogens (primary N) is 1. The molecule has 3 heteroatoms. The van der Waals surface area contributed by atoms with Crippen LogP contribution in [0.4, 0.5) is 0 Å². The van der Waals surface area contributed by atoms with Crippen LogP contribution in [0.2, 0.25) is 0 Å². The van der Waals surface area contributed by atoms with Gasteiger partial charge in [0.15, 0.2) is 0 Å². The van der Waals surface area contributed by atoms with Crippen molar-refractivity contribution in [2.45, 2.75) is 25.5 Å². The lowest BCUT2D eigenvalue weighted by Gasteiger charge is -2.11. The summed E-state index contributed by atoms with van der Waals surface area (Å²) in [7, 11) is 0. The van der Waals surface area contributed by atoms with E-state index < -0.39 is 0 Å². The summed E-state index contributed by atoms with van der Waals surface area (Å²) < 4.78 is 8.13. The van der Waals surface area contributed by atoms with Crippen LogP contribution in [0, 0.1) is 0 Å². The van der Waals surface area contributed by atoms with E-state index in [1.165, 1.54) is 11.1 Å². The Morgan fingerprint density at radius 2 is 2.17 bits per heavy atom. The third-order valence-corrected chi connectivity index (χ3v) is 3.37. The van der Waals surface area contributed by atoms with E-state index in [1.54, 1.807) is 0 Å². The van der Waals surface area contributed by atoms with Gasteiger partial charge in [0.25, 0.3) is 0 Å². The first-order valence-corrected chi connectivity index (χ1v) is 6.44. The lowest BCUT2D eigenvalue weighted by Crippen LogP contribution is -2.19. The number of hydrogen-bond donors (Lipinski definition) is 1. The van der Waals surface area contributed by atoms with Crippen LogP contribution in [0.3, 0.4) is 0 Å². The highest BCUT2D eigenvalue weighted by molar-refractivity contribution is 5.37. The third kappa shape index (κ3) is 2.27. The molecule has 1 aromatic heterocycles. The first-order chi connectivity index (χ1) is 8.85. The van der Waals surface area contributed by atoms with Crippen LogP contribution < -0.4 is 10.5 Å². The Labute approximate surface area is 107 Å². The first-order valence-electron chi connectivity index (χ1n) is 6.44. The van der Waals surface area contributed by atoms with Crippen LogP contribution in [0.15, 0.2) is 42.7 Å². The topological polar surface area (TPSA) is 40.2 Å². The Morgan fingerprint density at radius 3 is 3.00 bits per heavy atom. The summed E-state index contributed by atoms with van der Waals surface area (Å²) in [6.07, 6.45) is 6.47. The molecule has 1 aromatic carbocycles. The van der Waals surface area contributed by atoms with Gasteiger partial charge in [0, 0.05) is 18.8 Å². The Kier molecular flexibility index (Phi) is 3.07. The molecule has 1 aliphatic heterocycles. The van der Waals surface area contributed by atoms with E-state index in [0.717, 1.165) is 25.1 Å². The minimum absolute atomic E-state index is 0.250. The van der Waals surface area contributed by atoms with Crippen molar-refractivity contribution in [1.82, 2.24) is 4.57 Å². The van der Waals surface area contributed by atoms with Gasteiger partial charge in [0.05, 0.1) is 6.54 Å². The van der Waals surface area contributed by atoms with Gasteiger partial charge in [-0.1, -0.05) is 18.2 Å². The van der Waals surface area contributed by atoms with Crippen LogP contribution in [0.1, 0.15) is 11.1 Å². The number of rotatable bonds is 4. The van der Waals surface area contributed by atoms with E-state index in [-0.39, 0.29) is 6.10 Å². The summed E-state index contributed by atoms with van der Waals surface area (Å²) in [5, 5.41) is 0. The number of nitrogens with zero attached hydrogens (tertiary/aromatic N) is 1. The van der Waals surface area contributed by atoms with E-state index in [9.17, 15) is 0 Å². The van der Waals surface area contributed by atoms with Crippen molar-refractivity contribution in [3.05, 3.63) is 53.9 Å². The van der Waals surface area contributed by atoms with Crippen molar-refractivity contribution >= 4 is 0 Å². The lowest BCUT2D eigenvalue weighted by atomic mass is 10.1. The Morgan fingerprint density at radius 1 is 1.28 bits per heavy atom. The highest BCUT2D eigenvalue weighted by atomic mass is 16.5. The van der Waals surface area contributed by atoms with Crippen molar-refractivity contribution in [2.24, 2.45) is 5.73 Å². The average molecular weight is 242 g/mol. The summed E-state index contributed by atoms with van der Waals surface area (Å²) in [5.41, 5.74) is 8.17. The van der Waals surface area contributed by atoms with Crippen LogP contribution in [0.5, 0.6) is 5.75 Å². The summed E-state index contributed by atoms with van der Waals surface area (Å²) >= 11 is 0. The Bertz CT molecular complexity index is 508. The van der Waals surface area contributed by atoms with E-state index in [2.05, 4.69) is 35.2 Å². The smallest absolute Gasteiger partial charge is 0.123 e. The normalized spacial score (nSPS) is 17.5. The molecule has 0 bridgehead atoms. The SMILES string of the molecule is NCCc1ccn(CC2Cc3ccccc3O2)c1. The molecule has 94 valence electrons. The minimum atomic E-state index is 0.250. The third-order valence-electron chi connectivity index (χ3n) is 3.37. The molecule has 2 aromatic rings. The molecule has 0 radical (unpaired) electrons. The zero-order valence-electron chi connectivity index (χ0n) is 10.4. The fourth-order valence-corrected chi connectivity index (χ4v) is 2.51. The quantitative estimate of drug-likeness (QED) is 0.890. The van der Waals surface area contributed by atoms with Crippen molar-refractivity contribution in [1.29, 1.82) is 0 Å². The maximum Gasteiger partial charge on any atom is 0.123 e. The molecule has 0 saturated carbocycles. The highest BCUT2D eigenvalue weighted by Gasteiger charge is 2.22. The maximum atomic E-state index is 5.93. The molecule has 0 aliphatic carbocycles. The zero-order valence-corrected chi connectivity index (χ0v) is 10.4. The molecule has 0 spiro atoms. The van der Waals surface area contributed by atoms with E-state index >= 15 is 0 Å². The molecule has 3 nitrogen and oxygen atoms in total. The first kappa shape index (κ1) is 11.4. The van der Waals surface area contributed by atoms with Crippen molar-refractivity contribution in [3.8, 4) is 5.75 Å². The fourth-order valence-electron chi connectivity index (χ4n) is 2.51. The predicted molar refractivity (Wildman–Crippen MR) is 71.8 cm³/mol. The van der Waals surface area contributed by atoms with E-state index in [4.69, 9.17) is 10.5 Å². The van der Waals surface area contributed by atoms with Gasteiger partial charge in [-0.3, -0.25) is 0 Å². The second kappa shape index (κ2) is 4.86. The molecule has 2 heterocycles. The van der Waals surface area contributed by atoms with E-state index in [0.29, 0.717) is 6.54 Å². The Balaban J connectivity index is 1.65. The van der Waals surface area contributed by atoms with Crippen LogP contribution in [0.25, 0.3) is 0 Å². The lowest BCUT2D eigenvalue weighted by molar-refractivity contribution is 0.209. The van der Waals surface area contributed by atoms with Gasteiger partial charge in [-0.25, -0.2) is 0 Å². The summed E-state index contributed by atoms with van der Waals surface area (Å²) in [5.74, 6) is 1.04. The number of ether oxygens (including phenoxy) is 1. The molecular weight excluding hydrogens is 224 g/mol. The molecule has 0 amide bonds. The highest BCUT2D eigenvalue weighted by Crippen LogP contribution is 2.28. The molecule has 1 aliphatic rings. The number of hydrogen-bond acceptors (Lipinski definition) is 2. The van der Waals surface area contributed by atoms with E-state index in [1.807, 2.05) is 12.1 Å². The predicted octanol–water partition coefficient (Wildman–Crippen LogP) is 1.99. The second-order valence-electron chi connectivity index (χ2n) is 4.81. The second-order valence-corrected chi connectivity index (χ2v) is 4.81. The van der Waals surface area contributed by atoms with Gasteiger partial charge in [0.2, 0.25) is 0 Å². The van der Waals surface area contributed by atoms with Crippen LogP contribution in [-0.4, -0.2) is 17.2 Å². The largest absolute Gasteiger partial charge is 0.488 e. The zero-order chi connectivity index (χ0) is 12.4. The van der Waals surface area contributed by atoms with Crippen LogP contribution >= 0.6 is 0 Å². The molecule has 18 heavy (non-hydrogen) atoms. The maximum absolute atomic E-state index is 5.93. The van der Waals surface area contributed by atoms with Gasteiger partial charge >= 0.3 is 0 Å². The molecule has 2 N–H and O–H groups in total. The summed E-state index contributed by atoms with van der Waals surface area (Å²) in [4.78, 5) is 0. The molecule has 3 rings (SSSR count). The molecule has 1 unspecified atom stereocenters. The standard InChI is InChI=1S/C15H18N2O/c16-7-5-12-6-8-17(10-12)11-14-9-13-3-1-2-4-15(13)18-14/h1-4,6,8,10,14H,5,7,9,11,16H2. The molecule has 1 atom stereocenters. The summed E-state index contributed by atoms with van der Waals surface area (Å²) in [6.45, 7) is 1.61. The van der Waals surface area contributed by atoms with Gasteiger partial charge in [-0.2, -0.15) is 0 Å². The summed E-state index contributed by atoms with van der Waals surface area (Å²) in [6, 6.07) is 10.4. The fraction of sp³-hybridized carbons (Fsp3) is 0.333. The number of para-hydroxylation sites is 1. The minimum Gasteiger partial charge on any atom is -0.488 e. The van der Waals surface area contributed by atoms with Gasteiger partial charge < -0.3 is 15.0 Å². The Hall–Kier alpha value is -1.74. The average Bonchev–Trinajstić information content (AvgIpc) is 2.96. The van der Waals surface area contributed by atoms with Gasteiger partial charge in [0.1, 0.15) is 11.9 Å². The number of aromatic nitrogens is 1. The van der Waals surface area contributed by atoms with Crippen molar-refractivity contribution in [2.75, 3.05) is 6.54 Å². The molecule has 0 fully saturated rings. The molecule has 0 saturated heterocycles. The van der Waals surface area contributed by atoms with Gasteiger partial charge in [-0.05, 0) is 36.2 Å². The number of fused-ring (bicyclic) bond motifs is 1. The van der Waals surface area contributed by atoms with Crippen molar-refractivity contribution < 1.29 is 4.74 Å². The molecular formula is C15H18N2O. The number of benzene rings is 1. The van der Waals surface area contributed by atoms with Gasteiger partial charge in [-0.15, -0.1) is 0 Å². The monoisotopic (exact) mass is 242 g/mol. The van der Waals surface area contributed by atoms with Crippen LogP contribution in [-0.2, 0) is 19.4 Å².